The number of anilines is 1. The second-order valence-corrected chi connectivity index (χ2v) is 5.57. The van der Waals surface area contributed by atoms with Crippen molar-refractivity contribution in [1.29, 1.82) is 0 Å². The largest absolute Gasteiger partial charge is 0.362 e. The third-order valence-electron chi connectivity index (χ3n) is 3.98. The number of nitrogens with zero attached hydrogens (tertiary/aromatic N) is 2. The molecule has 1 aliphatic rings. The van der Waals surface area contributed by atoms with Crippen LogP contribution in [0.2, 0.25) is 0 Å². The molecule has 0 bridgehead atoms. The number of benzene rings is 1. The van der Waals surface area contributed by atoms with E-state index in [2.05, 4.69) is 10.2 Å². The highest BCUT2D eigenvalue weighted by molar-refractivity contribution is 5.82. The zero-order valence-corrected chi connectivity index (χ0v) is 13.0. The van der Waals surface area contributed by atoms with Gasteiger partial charge in [-0.05, 0) is 43.7 Å². The molecule has 1 aromatic carbocycles. The molecule has 0 saturated carbocycles. The molecule has 0 aromatic heterocycles. The molecule has 1 aliphatic heterocycles. The van der Waals surface area contributed by atoms with Crippen LogP contribution in [0.15, 0.2) is 18.2 Å². The maximum absolute atomic E-state index is 13.6. The van der Waals surface area contributed by atoms with Gasteiger partial charge in [0.1, 0.15) is 5.82 Å². The molecule has 0 spiro atoms. The predicted molar refractivity (Wildman–Crippen MR) is 83.0 cm³/mol. The van der Waals surface area contributed by atoms with Crippen LogP contribution in [0, 0.1) is 5.82 Å². The summed E-state index contributed by atoms with van der Waals surface area (Å²) in [7, 11) is 1.83. The Morgan fingerprint density at radius 2 is 2.14 bits per heavy atom. The Kier molecular flexibility index (Phi) is 5.17. The Balaban J connectivity index is 2.31. The first-order valence-electron chi connectivity index (χ1n) is 7.54. The number of amides is 1. The summed E-state index contributed by atoms with van der Waals surface area (Å²) in [6.07, 6.45) is 0.925. The molecule has 116 valence electrons. The lowest BCUT2D eigenvalue weighted by atomic mass is 10.0. The van der Waals surface area contributed by atoms with E-state index in [4.69, 9.17) is 0 Å². The maximum Gasteiger partial charge on any atom is 0.241 e. The first-order valence-corrected chi connectivity index (χ1v) is 7.54. The fourth-order valence-corrected chi connectivity index (χ4v) is 2.77. The molecule has 1 unspecified atom stereocenters. The van der Waals surface area contributed by atoms with Crippen molar-refractivity contribution in [3.05, 3.63) is 29.6 Å². The number of carbonyl (C=O) groups is 1. The molecule has 1 atom stereocenters. The Hall–Kier alpha value is -1.62. The number of halogens is 1. The highest BCUT2D eigenvalue weighted by Crippen LogP contribution is 2.28. The molecule has 0 radical (unpaired) electrons. The van der Waals surface area contributed by atoms with Gasteiger partial charge in [-0.25, -0.2) is 4.39 Å². The van der Waals surface area contributed by atoms with Crippen molar-refractivity contribution >= 4 is 11.6 Å². The number of nitrogens with one attached hydrogen (secondary N) is 1. The van der Waals surface area contributed by atoms with Crippen LogP contribution in [0.1, 0.15) is 31.9 Å². The zero-order valence-electron chi connectivity index (χ0n) is 13.0. The summed E-state index contributed by atoms with van der Waals surface area (Å²) >= 11 is 0. The zero-order chi connectivity index (χ0) is 15.4. The standard InChI is InChI=1S/C16H24FN3O/c1-4-18-12(2)14-10-13(17)6-7-15(14)20-9-5-8-19(3)16(21)11-20/h6-7,10,12,18H,4-5,8-9,11H2,1-3H3. The molecular formula is C16H24FN3O. The summed E-state index contributed by atoms with van der Waals surface area (Å²) in [4.78, 5) is 15.9. The predicted octanol–water partition coefficient (Wildman–Crippen LogP) is 2.16. The lowest BCUT2D eigenvalue weighted by Gasteiger charge is -2.27. The van der Waals surface area contributed by atoms with Crippen LogP contribution in [0.4, 0.5) is 10.1 Å². The van der Waals surface area contributed by atoms with E-state index < -0.39 is 0 Å². The Bertz CT molecular complexity index is 506. The van der Waals surface area contributed by atoms with Gasteiger partial charge in [0.05, 0.1) is 6.54 Å². The minimum absolute atomic E-state index is 0.0526. The molecule has 1 fully saturated rings. The van der Waals surface area contributed by atoms with E-state index in [9.17, 15) is 9.18 Å². The molecular weight excluding hydrogens is 269 g/mol. The van der Waals surface area contributed by atoms with Gasteiger partial charge in [-0.15, -0.1) is 0 Å². The molecule has 1 N–H and O–H groups in total. The van der Waals surface area contributed by atoms with Crippen LogP contribution in [-0.2, 0) is 4.79 Å². The first kappa shape index (κ1) is 15.8. The van der Waals surface area contributed by atoms with Gasteiger partial charge in [0.15, 0.2) is 0 Å². The van der Waals surface area contributed by atoms with Crippen LogP contribution < -0.4 is 10.2 Å². The number of likely N-dealkylation sites (N-methyl/N-ethyl adjacent to an activating group) is 1. The Morgan fingerprint density at radius 3 is 2.86 bits per heavy atom. The number of hydrogen-bond donors (Lipinski definition) is 1. The second kappa shape index (κ2) is 6.89. The number of carbonyl (C=O) groups excluding carboxylic acids is 1. The third-order valence-corrected chi connectivity index (χ3v) is 3.98. The van der Waals surface area contributed by atoms with Gasteiger partial charge in [-0.1, -0.05) is 6.92 Å². The molecule has 1 saturated heterocycles. The number of hydrogen-bond acceptors (Lipinski definition) is 3. The average molecular weight is 293 g/mol. The van der Waals surface area contributed by atoms with Crippen LogP contribution >= 0.6 is 0 Å². The minimum atomic E-state index is -0.239. The Labute approximate surface area is 125 Å². The third kappa shape index (κ3) is 3.73. The quantitative estimate of drug-likeness (QED) is 0.924. The van der Waals surface area contributed by atoms with Gasteiger partial charge in [0.2, 0.25) is 5.91 Å². The van der Waals surface area contributed by atoms with E-state index in [1.165, 1.54) is 6.07 Å². The summed E-state index contributed by atoms with van der Waals surface area (Å²) in [5.41, 5.74) is 1.86. The van der Waals surface area contributed by atoms with Crippen molar-refractivity contribution in [2.45, 2.75) is 26.3 Å². The van der Waals surface area contributed by atoms with Crippen LogP contribution in [0.5, 0.6) is 0 Å². The summed E-state index contributed by atoms with van der Waals surface area (Å²) in [5, 5.41) is 3.32. The van der Waals surface area contributed by atoms with E-state index in [1.807, 2.05) is 20.9 Å². The van der Waals surface area contributed by atoms with E-state index in [-0.39, 0.29) is 17.8 Å². The molecule has 4 nitrogen and oxygen atoms in total. The topological polar surface area (TPSA) is 35.6 Å². The Morgan fingerprint density at radius 1 is 1.38 bits per heavy atom. The van der Waals surface area contributed by atoms with Crippen molar-refractivity contribution < 1.29 is 9.18 Å². The van der Waals surface area contributed by atoms with Crippen molar-refractivity contribution in [2.75, 3.05) is 38.1 Å². The first-order chi connectivity index (χ1) is 10.0. The highest BCUT2D eigenvalue weighted by Gasteiger charge is 2.22. The van der Waals surface area contributed by atoms with E-state index in [0.29, 0.717) is 6.54 Å². The van der Waals surface area contributed by atoms with E-state index in [1.54, 1.807) is 17.0 Å². The number of rotatable bonds is 4. The minimum Gasteiger partial charge on any atom is -0.362 e. The van der Waals surface area contributed by atoms with Gasteiger partial charge in [0, 0.05) is 31.9 Å². The molecule has 1 heterocycles. The van der Waals surface area contributed by atoms with Crippen molar-refractivity contribution in [3.63, 3.8) is 0 Å². The summed E-state index contributed by atoms with van der Waals surface area (Å²) in [6, 6.07) is 4.88. The van der Waals surface area contributed by atoms with Crippen molar-refractivity contribution in [1.82, 2.24) is 10.2 Å². The summed E-state index contributed by atoms with van der Waals surface area (Å²) < 4.78 is 13.6. The molecule has 2 rings (SSSR count). The van der Waals surface area contributed by atoms with Gasteiger partial charge >= 0.3 is 0 Å². The van der Waals surface area contributed by atoms with Crippen LogP contribution in [-0.4, -0.2) is 44.0 Å². The molecule has 21 heavy (non-hydrogen) atoms. The second-order valence-electron chi connectivity index (χ2n) is 5.57. The normalized spacial score (nSPS) is 17.8. The monoisotopic (exact) mass is 293 g/mol. The summed E-state index contributed by atoms with van der Waals surface area (Å²) in [6.45, 7) is 6.81. The van der Waals surface area contributed by atoms with Gasteiger partial charge < -0.3 is 15.1 Å². The van der Waals surface area contributed by atoms with Gasteiger partial charge in [-0.2, -0.15) is 0 Å². The molecule has 1 amide bonds. The van der Waals surface area contributed by atoms with Gasteiger partial charge in [-0.3, -0.25) is 4.79 Å². The van der Waals surface area contributed by atoms with Crippen LogP contribution in [0.3, 0.4) is 0 Å². The molecule has 1 aromatic rings. The molecule has 0 aliphatic carbocycles. The highest BCUT2D eigenvalue weighted by atomic mass is 19.1. The fraction of sp³-hybridized carbons (Fsp3) is 0.562. The summed E-state index contributed by atoms with van der Waals surface area (Å²) in [5.74, 6) is -0.129. The van der Waals surface area contributed by atoms with Crippen molar-refractivity contribution in [3.8, 4) is 0 Å². The van der Waals surface area contributed by atoms with Crippen molar-refractivity contribution in [2.24, 2.45) is 0 Å². The fourth-order valence-electron chi connectivity index (χ4n) is 2.77. The lowest BCUT2D eigenvalue weighted by Crippen LogP contribution is -2.35. The van der Waals surface area contributed by atoms with Crippen LogP contribution in [0.25, 0.3) is 0 Å². The van der Waals surface area contributed by atoms with Gasteiger partial charge in [0.25, 0.3) is 0 Å². The smallest absolute Gasteiger partial charge is 0.241 e. The maximum atomic E-state index is 13.6. The average Bonchev–Trinajstić information content (AvgIpc) is 2.61. The molecule has 5 heteroatoms. The lowest BCUT2D eigenvalue weighted by molar-refractivity contribution is -0.127. The van der Waals surface area contributed by atoms with E-state index in [0.717, 1.165) is 37.3 Å². The SMILES string of the molecule is CCNC(C)c1cc(F)ccc1N1CCCN(C)C(=O)C1. The van der Waals surface area contributed by atoms with E-state index >= 15 is 0 Å².